The molecule has 3 aromatic heterocycles. The van der Waals surface area contributed by atoms with E-state index in [2.05, 4.69) is 117 Å². The number of rotatable bonds is 5. The van der Waals surface area contributed by atoms with Gasteiger partial charge in [-0.3, -0.25) is 0 Å². The molecule has 8 aromatic carbocycles. The van der Waals surface area contributed by atoms with E-state index in [-0.39, 0.29) is 5.41 Å². The smallest absolute Gasteiger partial charge is 0.164 e. The van der Waals surface area contributed by atoms with Gasteiger partial charge in [0.1, 0.15) is 22.3 Å². The van der Waals surface area contributed by atoms with Crippen molar-refractivity contribution in [2.24, 2.45) is 0 Å². The predicted molar refractivity (Wildman–Crippen MR) is 239 cm³/mol. The highest BCUT2D eigenvalue weighted by atomic mass is 16.3. The van der Waals surface area contributed by atoms with Crippen LogP contribution in [0.3, 0.4) is 0 Å². The summed E-state index contributed by atoms with van der Waals surface area (Å²) in [5, 5.41) is 3.97. The van der Waals surface area contributed by atoms with Gasteiger partial charge in [-0.25, -0.2) is 15.0 Å². The quantitative estimate of drug-likeness (QED) is 0.175. The van der Waals surface area contributed by atoms with Gasteiger partial charge < -0.3 is 8.83 Å². The summed E-state index contributed by atoms with van der Waals surface area (Å²) in [6.07, 6.45) is 0. The molecular formula is C54H35N3O2. The lowest BCUT2D eigenvalue weighted by Crippen LogP contribution is -2.14. The summed E-state index contributed by atoms with van der Waals surface area (Å²) >= 11 is 0. The zero-order chi connectivity index (χ0) is 39.2. The first kappa shape index (κ1) is 33.5. The van der Waals surface area contributed by atoms with E-state index in [0.29, 0.717) is 17.5 Å². The van der Waals surface area contributed by atoms with E-state index < -0.39 is 0 Å². The van der Waals surface area contributed by atoms with Crippen molar-refractivity contribution in [1.29, 1.82) is 0 Å². The molecule has 278 valence electrons. The van der Waals surface area contributed by atoms with Gasteiger partial charge in [0.15, 0.2) is 17.5 Å². The molecule has 0 bridgehead atoms. The highest BCUT2D eigenvalue weighted by Crippen LogP contribution is 2.49. The van der Waals surface area contributed by atoms with Crippen molar-refractivity contribution in [2.45, 2.75) is 19.3 Å². The van der Waals surface area contributed by atoms with Crippen molar-refractivity contribution in [3.8, 4) is 67.5 Å². The second-order valence-corrected chi connectivity index (χ2v) is 15.9. The van der Waals surface area contributed by atoms with Crippen LogP contribution in [0.2, 0.25) is 0 Å². The largest absolute Gasteiger partial charge is 0.456 e. The Morgan fingerprint density at radius 3 is 1.58 bits per heavy atom. The predicted octanol–water partition coefficient (Wildman–Crippen LogP) is 14.3. The number of aromatic nitrogens is 3. The van der Waals surface area contributed by atoms with Gasteiger partial charge in [-0.15, -0.1) is 0 Å². The van der Waals surface area contributed by atoms with E-state index >= 15 is 0 Å². The molecule has 0 amide bonds. The van der Waals surface area contributed by atoms with Gasteiger partial charge in [-0.1, -0.05) is 153 Å². The molecule has 11 aromatic rings. The van der Waals surface area contributed by atoms with Crippen molar-refractivity contribution in [3.05, 3.63) is 187 Å². The Bertz CT molecular complexity index is 3470. The van der Waals surface area contributed by atoms with Gasteiger partial charge in [0, 0.05) is 43.7 Å². The van der Waals surface area contributed by atoms with Crippen LogP contribution < -0.4 is 0 Å². The van der Waals surface area contributed by atoms with E-state index in [0.717, 1.165) is 71.7 Å². The molecule has 0 radical (unpaired) electrons. The fourth-order valence-electron chi connectivity index (χ4n) is 9.23. The number of para-hydroxylation sites is 1. The molecule has 0 saturated heterocycles. The third kappa shape index (κ3) is 5.21. The van der Waals surface area contributed by atoms with Crippen LogP contribution in [0.1, 0.15) is 25.0 Å². The van der Waals surface area contributed by atoms with Crippen LogP contribution in [0.25, 0.3) is 111 Å². The first-order valence-corrected chi connectivity index (χ1v) is 20.0. The molecule has 0 saturated carbocycles. The molecule has 5 nitrogen and oxygen atoms in total. The molecule has 59 heavy (non-hydrogen) atoms. The lowest BCUT2D eigenvalue weighted by atomic mass is 9.81. The Balaban J connectivity index is 0.972. The molecule has 5 heteroatoms. The van der Waals surface area contributed by atoms with Crippen LogP contribution in [0.15, 0.2) is 185 Å². The summed E-state index contributed by atoms with van der Waals surface area (Å²) in [4.78, 5) is 15.5. The van der Waals surface area contributed by atoms with Crippen LogP contribution in [-0.2, 0) is 5.41 Å². The third-order valence-corrected chi connectivity index (χ3v) is 12.2. The first-order chi connectivity index (χ1) is 29.0. The molecule has 0 aliphatic heterocycles. The Morgan fingerprint density at radius 2 is 0.847 bits per heavy atom. The molecular weight excluding hydrogens is 723 g/mol. The minimum atomic E-state index is -0.0434. The Morgan fingerprint density at radius 1 is 0.339 bits per heavy atom. The standard InChI is InChI=1S/C54H35N3O2/c1-54(2)43-18-8-6-14-37(43)38-28-26-36(31-44(38)54)33-24-22-32(23-25-33)35-27-29-46-42(30-35)50-41(17-11-21-48(50)59-46)53-56-51(34-12-4-3-5-13-34)55-52(57-53)40-16-10-20-47-49(40)39-15-7-9-19-45(39)58-47/h3-31H,1-2H3. The summed E-state index contributed by atoms with van der Waals surface area (Å²) in [7, 11) is 0. The topological polar surface area (TPSA) is 65.0 Å². The van der Waals surface area contributed by atoms with Crippen molar-refractivity contribution in [3.63, 3.8) is 0 Å². The van der Waals surface area contributed by atoms with Gasteiger partial charge in [-0.2, -0.15) is 0 Å². The van der Waals surface area contributed by atoms with E-state index in [1.807, 2.05) is 72.8 Å². The van der Waals surface area contributed by atoms with E-state index in [9.17, 15) is 0 Å². The van der Waals surface area contributed by atoms with Crippen LogP contribution >= 0.6 is 0 Å². The lowest BCUT2D eigenvalue weighted by molar-refractivity contribution is 0.660. The van der Waals surface area contributed by atoms with Crippen LogP contribution in [0.4, 0.5) is 0 Å². The van der Waals surface area contributed by atoms with E-state index in [4.69, 9.17) is 23.8 Å². The summed E-state index contributed by atoms with van der Waals surface area (Å²) in [6.45, 7) is 4.66. The van der Waals surface area contributed by atoms with Gasteiger partial charge in [0.25, 0.3) is 0 Å². The SMILES string of the molecule is CC1(C)c2ccccc2-c2ccc(-c3ccc(-c4ccc5oc6cccc(-c7nc(-c8ccccc8)nc(-c8cccc9oc%10ccccc%10c89)n7)c6c5c4)cc3)cc21. The van der Waals surface area contributed by atoms with Crippen LogP contribution in [0, 0.1) is 0 Å². The van der Waals surface area contributed by atoms with Gasteiger partial charge in [0.05, 0.1) is 0 Å². The summed E-state index contributed by atoms with van der Waals surface area (Å²) < 4.78 is 12.8. The zero-order valence-corrected chi connectivity index (χ0v) is 32.4. The molecule has 0 N–H and O–H groups in total. The number of hydrogen-bond acceptors (Lipinski definition) is 5. The number of nitrogens with zero attached hydrogens (tertiary/aromatic N) is 3. The zero-order valence-electron chi connectivity index (χ0n) is 32.4. The second-order valence-electron chi connectivity index (χ2n) is 15.9. The number of furan rings is 2. The third-order valence-electron chi connectivity index (χ3n) is 12.2. The summed E-state index contributed by atoms with van der Waals surface area (Å²) in [6, 6.07) is 61.4. The lowest BCUT2D eigenvalue weighted by Gasteiger charge is -2.22. The van der Waals surface area contributed by atoms with Crippen molar-refractivity contribution in [2.75, 3.05) is 0 Å². The average molecular weight is 758 g/mol. The van der Waals surface area contributed by atoms with Crippen LogP contribution in [0.5, 0.6) is 0 Å². The first-order valence-electron chi connectivity index (χ1n) is 20.0. The Hall–Kier alpha value is -7.63. The summed E-state index contributed by atoms with van der Waals surface area (Å²) in [5.41, 5.74) is 15.9. The number of hydrogen-bond donors (Lipinski definition) is 0. The maximum Gasteiger partial charge on any atom is 0.164 e. The van der Waals surface area contributed by atoms with Crippen molar-refractivity contribution >= 4 is 43.9 Å². The summed E-state index contributed by atoms with van der Waals surface area (Å²) in [5.74, 6) is 1.74. The van der Waals surface area contributed by atoms with E-state index in [1.165, 1.54) is 33.4 Å². The Labute approximate surface area is 340 Å². The van der Waals surface area contributed by atoms with Crippen molar-refractivity contribution in [1.82, 2.24) is 15.0 Å². The number of fused-ring (bicyclic) bond motifs is 9. The fraction of sp³-hybridized carbons (Fsp3) is 0.0556. The molecule has 0 fully saturated rings. The molecule has 0 spiro atoms. The molecule has 3 heterocycles. The highest BCUT2D eigenvalue weighted by molar-refractivity contribution is 6.14. The molecule has 0 atom stereocenters. The van der Waals surface area contributed by atoms with Gasteiger partial charge >= 0.3 is 0 Å². The monoisotopic (exact) mass is 757 g/mol. The second kappa shape index (κ2) is 12.7. The minimum Gasteiger partial charge on any atom is -0.456 e. The Kier molecular flexibility index (Phi) is 7.20. The highest BCUT2D eigenvalue weighted by Gasteiger charge is 2.35. The average Bonchev–Trinajstić information content (AvgIpc) is 3.94. The van der Waals surface area contributed by atoms with Gasteiger partial charge in [-0.05, 0) is 80.9 Å². The molecule has 1 aliphatic carbocycles. The van der Waals surface area contributed by atoms with Gasteiger partial charge in [0.2, 0.25) is 0 Å². The minimum absolute atomic E-state index is 0.0434. The fourth-order valence-corrected chi connectivity index (χ4v) is 9.23. The normalized spacial score (nSPS) is 13.1. The number of benzene rings is 8. The van der Waals surface area contributed by atoms with E-state index in [1.54, 1.807) is 0 Å². The molecule has 1 aliphatic rings. The molecule has 0 unspecified atom stereocenters. The molecule has 12 rings (SSSR count). The van der Waals surface area contributed by atoms with Crippen LogP contribution in [-0.4, -0.2) is 15.0 Å². The maximum atomic E-state index is 6.50. The maximum absolute atomic E-state index is 6.50. The van der Waals surface area contributed by atoms with Crippen molar-refractivity contribution < 1.29 is 8.83 Å².